The van der Waals surface area contributed by atoms with E-state index in [-0.39, 0.29) is 12.1 Å². The number of thiocarbonyl (C=S) groups is 1. The maximum absolute atomic E-state index is 5.72. The Morgan fingerprint density at radius 1 is 1.18 bits per heavy atom. The van der Waals surface area contributed by atoms with Gasteiger partial charge in [-0.05, 0) is 62.7 Å². The van der Waals surface area contributed by atoms with Crippen molar-refractivity contribution in [2.45, 2.75) is 18.6 Å². The highest BCUT2D eigenvalue weighted by Gasteiger charge is 2.40. The number of nitrogens with zero attached hydrogens (tertiary/aromatic N) is 4. The summed E-state index contributed by atoms with van der Waals surface area (Å²) < 4.78 is 7.80. The molecule has 1 N–H and O–H groups in total. The van der Waals surface area contributed by atoms with E-state index in [0.717, 1.165) is 29.7 Å². The van der Waals surface area contributed by atoms with Crippen LogP contribution in [0.15, 0.2) is 65.5 Å². The predicted molar refractivity (Wildman–Crippen MR) is 113 cm³/mol. The first-order chi connectivity index (χ1) is 13.6. The van der Waals surface area contributed by atoms with Crippen LogP contribution in [0, 0.1) is 0 Å². The summed E-state index contributed by atoms with van der Waals surface area (Å²) in [6.07, 6.45) is 5.64. The molecule has 0 bridgehead atoms. The summed E-state index contributed by atoms with van der Waals surface area (Å²) in [6, 6.07) is 14.3. The topological polar surface area (TPSA) is 49.5 Å². The minimum Gasteiger partial charge on any atom is -0.467 e. The molecule has 0 aromatic carbocycles. The first-order valence-electron chi connectivity index (χ1n) is 9.43. The second-order valence-corrected chi connectivity index (χ2v) is 7.65. The lowest BCUT2D eigenvalue weighted by Gasteiger charge is -2.29. The molecule has 3 aromatic rings. The maximum atomic E-state index is 5.72. The van der Waals surface area contributed by atoms with E-state index in [2.05, 4.69) is 63.2 Å². The zero-order valence-corrected chi connectivity index (χ0v) is 17.0. The Kier molecular flexibility index (Phi) is 5.45. The summed E-state index contributed by atoms with van der Waals surface area (Å²) in [4.78, 5) is 9.06. The SMILES string of the molecule is CN(C)CCN1C(=S)N[C@H](c2ccccn2)[C@@H]1c1cccn1Cc1ccco1. The van der Waals surface area contributed by atoms with Gasteiger partial charge in [0.05, 0.1) is 30.6 Å². The highest BCUT2D eigenvalue weighted by molar-refractivity contribution is 7.80. The van der Waals surface area contributed by atoms with Crippen molar-refractivity contribution >= 4 is 17.3 Å². The van der Waals surface area contributed by atoms with Crippen LogP contribution in [0.4, 0.5) is 0 Å². The van der Waals surface area contributed by atoms with Crippen LogP contribution in [-0.4, -0.2) is 51.6 Å². The first kappa shape index (κ1) is 18.7. The van der Waals surface area contributed by atoms with Gasteiger partial charge in [0, 0.05) is 31.2 Å². The molecule has 2 atom stereocenters. The van der Waals surface area contributed by atoms with Crippen molar-refractivity contribution in [3.05, 3.63) is 78.3 Å². The van der Waals surface area contributed by atoms with Crippen molar-refractivity contribution < 1.29 is 4.42 Å². The summed E-state index contributed by atoms with van der Waals surface area (Å²) in [6.45, 7) is 2.46. The van der Waals surface area contributed by atoms with Gasteiger partial charge in [-0.1, -0.05) is 6.07 Å². The van der Waals surface area contributed by atoms with Gasteiger partial charge in [-0.15, -0.1) is 0 Å². The Balaban J connectivity index is 1.70. The summed E-state index contributed by atoms with van der Waals surface area (Å²) in [7, 11) is 4.16. The van der Waals surface area contributed by atoms with Gasteiger partial charge < -0.3 is 24.1 Å². The van der Waals surface area contributed by atoms with Crippen molar-refractivity contribution in [2.24, 2.45) is 0 Å². The van der Waals surface area contributed by atoms with Gasteiger partial charge >= 0.3 is 0 Å². The average Bonchev–Trinajstić information content (AvgIpc) is 3.42. The number of rotatable bonds is 7. The molecular weight excluding hydrogens is 370 g/mol. The van der Waals surface area contributed by atoms with Crippen LogP contribution < -0.4 is 5.32 Å². The molecule has 1 aliphatic rings. The fourth-order valence-electron chi connectivity index (χ4n) is 3.69. The predicted octanol–water partition coefficient (Wildman–Crippen LogP) is 3.06. The maximum Gasteiger partial charge on any atom is 0.170 e. The molecular formula is C21H25N5OS. The van der Waals surface area contributed by atoms with Crippen molar-refractivity contribution in [1.82, 2.24) is 24.7 Å². The van der Waals surface area contributed by atoms with Crippen molar-refractivity contribution in [3.63, 3.8) is 0 Å². The Morgan fingerprint density at radius 2 is 2.07 bits per heavy atom. The van der Waals surface area contributed by atoms with Crippen LogP contribution in [0.3, 0.4) is 0 Å². The second-order valence-electron chi connectivity index (χ2n) is 7.26. The van der Waals surface area contributed by atoms with Gasteiger partial charge in [-0.25, -0.2) is 0 Å². The molecule has 6 nitrogen and oxygen atoms in total. The summed E-state index contributed by atoms with van der Waals surface area (Å²) in [5.41, 5.74) is 2.19. The van der Waals surface area contributed by atoms with Gasteiger partial charge in [0.2, 0.25) is 0 Å². The van der Waals surface area contributed by atoms with Crippen LogP contribution in [0.25, 0.3) is 0 Å². The molecule has 0 radical (unpaired) electrons. The second kappa shape index (κ2) is 8.16. The van der Waals surface area contributed by atoms with E-state index in [9.17, 15) is 0 Å². The molecule has 4 rings (SSSR count). The van der Waals surface area contributed by atoms with Gasteiger partial charge in [-0.3, -0.25) is 4.98 Å². The molecule has 146 valence electrons. The van der Waals surface area contributed by atoms with Crippen molar-refractivity contribution in [3.8, 4) is 0 Å². The van der Waals surface area contributed by atoms with Gasteiger partial charge in [-0.2, -0.15) is 0 Å². The molecule has 1 aliphatic heterocycles. The third-order valence-corrected chi connectivity index (χ3v) is 5.41. The summed E-state index contributed by atoms with van der Waals surface area (Å²) >= 11 is 5.72. The van der Waals surface area contributed by atoms with Gasteiger partial charge in [0.25, 0.3) is 0 Å². The summed E-state index contributed by atoms with van der Waals surface area (Å²) in [5, 5.41) is 4.28. The highest BCUT2D eigenvalue weighted by Crippen LogP contribution is 2.38. The fraction of sp³-hybridized carbons (Fsp3) is 0.333. The molecule has 28 heavy (non-hydrogen) atoms. The smallest absolute Gasteiger partial charge is 0.170 e. The van der Waals surface area contributed by atoms with E-state index in [4.69, 9.17) is 16.6 Å². The fourth-order valence-corrected chi connectivity index (χ4v) is 4.02. The lowest BCUT2D eigenvalue weighted by molar-refractivity contribution is 0.269. The quantitative estimate of drug-likeness (QED) is 0.621. The van der Waals surface area contributed by atoms with Gasteiger partial charge in [0.15, 0.2) is 5.11 Å². The Bertz CT molecular complexity index is 906. The number of aromatic nitrogens is 2. The van der Waals surface area contributed by atoms with Crippen LogP contribution in [-0.2, 0) is 6.54 Å². The number of furan rings is 1. The zero-order chi connectivity index (χ0) is 19.5. The zero-order valence-electron chi connectivity index (χ0n) is 16.2. The van der Waals surface area contributed by atoms with E-state index in [0.29, 0.717) is 6.54 Å². The molecule has 1 saturated heterocycles. The average molecular weight is 396 g/mol. The Morgan fingerprint density at radius 3 is 2.79 bits per heavy atom. The standard InChI is InChI=1S/C21H25N5OS/c1-24(2)12-13-26-20(19(23-21(26)28)17-8-3-4-10-22-17)18-9-5-11-25(18)15-16-7-6-14-27-16/h3-11,14,19-20H,12-13,15H2,1-2H3,(H,23,28)/t19-,20+/m1/s1. The number of pyridine rings is 1. The number of hydrogen-bond acceptors (Lipinski definition) is 4. The monoisotopic (exact) mass is 395 g/mol. The molecule has 0 amide bonds. The largest absolute Gasteiger partial charge is 0.467 e. The lowest BCUT2D eigenvalue weighted by atomic mass is 10.0. The van der Waals surface area contributed by atoms with E-state index >= 15 is 0 Å². The molecule has 4 heterocycles. The first-order valence-corrected chi connectivity index (χ1v) is 9.84. The van der Waals surface area contributed by atoms with Crippen molar-refractivity contribution in [1.29, 1.82) is 0 Å². The van der Waals surface area contributed by atoms with Crippen LogP contribution in [0.5, 0.6) is 0 Å². The molecule has 1 fully saturated rings. The third-order valence-electron chi connectivity index (χ3n) is 5.06. The summed E-state index contributed by atoms with van der Waals surface area (Å²) in [5.74, 6) is 0.931. The normalized spacial score (nSPS) is 19.4. The van der Waals surface area contributed by atoms with E-state index in [1.807, 2.05) is 30.5 Å². The Hall–Kier alpha value is -2.64. The van der Waals surface area contributed by atoms with E-state index in [1.165, 1.54) is 5.69 Å². The van der Waals surface area contributed by atoms with E-state index in [1.54, 1.807) is 6.26 Å². The van der Waals surface area contributed by atoms with Gasteiger partial charge in [0.1, 0.15) is 5.76 Å². The number of likely N-dealkylation sites (N-methyl/N-ethyl adjacent to an activating group) is 1. The molecule has 0 aliphatic carbocycles. The van der Waals surface area contributed by atoms with Crippen LogP contribution in [0.2, 0.25) is 0 Å². The Labute approximate surface area is 170 Å². The lowest BCUT2D eigenvalue weighted by Crippen LogP contribution is -2.36. The minimum atomic E-state index is 0.00103. The highest BCUT2D eigenvalue weighted by atomic mass is 32.1. The third kappa shape index (κ3) is 3.81. The molecule has 3 aromatic heterocycles. The van der Waals surface area contributed by atoms with Crippen LogP contribution in [0.1, 0.15) is 29.2 Å². The van der Waals surface area contributed by atoms with Crippen molar-refractivity contribution in [2.75, 3.05) is 27.2 Å². The number of nitrogens with one attached hydrogen (secondary N) is 1. The van der Waals surface area contributed by atoms with E-state index < -0.39 is 0 Å². The molecule has 0 unspecified atom stereocenters. The molecule has 0 saturated carbocycles. The molecule has 0 spiro atoms. The van der Waals surface area contributed by atoms with Crippen LogP contribution >= 0.6 is 12.2 Å². The number of hydrogen-bond donors (Lipinski definition) is 1. The minimum absolute atomic E-state index is 0.00103. The molecule has 7 heteroatoms.